The fourth-order valence-corrected chi connectivity index (χ4v) is 3.33. The quantitative estimate of drug-likeness (QED) is 0.234. The highest BCUT2D eigenvalue weighted by Crippen LogP contribution is 2.38. The summed E-state index contributed by atoms with van der Waals surface area (Å²) in [6.07, 6.45) is 5.74. The molecule has 1 aromatic carbocycles. The van der Waals surface area contributed by atoms with Crippen LogP contribution in [0, 0.1) is 17.5 Å². The number of halogens is 3. The molecule has 3 nitrogen and oxygen atoms in total. The van der Waals surface area contributed by atoms with Gasteiger partial charge in [0.15, 0.2) is 17.5 Å². The second-order valence-electron chi connectivity index (χ2n) is 7.87. The van der Waals surface area contributed by atoms with Crippen LogP contribution in [0.1, 0.15) is 91.0 Å². The van der Waals surface area contributed by atoms with Crippen molar-refractivity contribution in [2.45, 2.75) is 104 Å². The molecule has 0 aromatic heterocycles. The van der Waals surface area contributed by atoms with Crippen LogP contribution in [-0.2, 0) is 9.47 Å². The Morgan fingerprint density at radius 1 is 0.857 bits per heavy atom. The van der Waals surface area contributed by atoms with Crippen LogP contribution in [-0.4, -0.2) is 23.3 Å². The van der Waals surface area contributed by atoms with E-state index in [-0.39, 0.29) is 17.8 Å². The monoisotopic (exact) mass is 404 g/mol. The fraction of sp³-hybridized carbons (Fsp3) is 0.727. The molecule has 0 fully saturated rings. The summed E-state index contributed by atoms with van der Waals surface area (Å²) in [5, 5.41) is 11.2. The molecule has 0 bridgehead atoms. The van der Waals surface area contributed by atoms with E-state index in [0.29, 0.717) is 6.42 Å². The number of unbranched alkanes of at least 4 members (excludes halogenated alkanes) is 5. The second kappa shape index (κ2) is 11.8. The largest absolute Gasteiger partial charge is 0.343 e. The minimum atomic E-state index is -2.07. The van der Waals surface area contributed by atoms with E-state index in [1.165, 1.54) is 0 Å². The lowest BCUT2D eigenvalue weighted by Gasteiger charge is -2.38. The summed E-state index contributed by atoms with van der Waals surface area (Å²) >= 11 is 0. The first-order chi connectivity index (χ1) is 13.1. The van der Waals surface area contributed by atoms with Gasteiger partial charge in [-0.2, -0.15) is 0 Å². The van der Waals surface area contributed by atoms with E-state index in [9.17, 15) is 18.3 Å². The molecular weight excluding hydrogens is 369 g/mol. The molecule has 0 spiro atoms. The summed E-state index contributed by atoms with van der Waals surface area (Å²) in [7, 11) is 0. The molecule has 1 atom stereocenters. The summed E-state index contributed by atoms with van der Waals surface area (Å²) in [6, 6.07) is 1.83. The molecule has 0 saturated carbocycles. The number of hydrogen-bond donors (Lipinski definition) is 1. The van der Waals surface area contributed by atoms with Gasteiger partial charge in [0.25, 0.3) is 5.97 Å². The minimum absolute atomic E-state index is 0.119. The molecule has 0 aliphatic heterocycles. The van der Waals surface area contributed by atoms with Gasteiger partial charge >= 0.3 is 0 Å². The van der Waals surface area contributed by atoms with Crippen molar-refractivity contribution in [2.75, 3.05) is 0 Å². The van der Waals surface area contributed by atoms with Gasteiger partial charge < -0.3 is 14.6 Å². The van der Waals surface area contributed by atoms with Crippen molar-refractivity contribution >= 4 is 0 Å². The van der Waals surface area contributed by atoms with Crippen molar-refractivity contribution < 1.29 is 27.8 Å². The Balaban J connectivity index is 3.14. The lowest BCUT2D eigenvalue weighted by molar-refractivity contribution is -0.393. The highest BCUT2D eigenvalue weighted by atomic mass is 19.2. The molecule has 0 aliphatic carbocycles. The van der Waals surface area contributed by atoms with Crippen LogP contribution in [0.15, 0.2) is 12.1 Å². The average molecular weight is 405 g/mol. The predicted octanol–water partition coefficient (Wildman–Crippen LogP) is 6.43. The molecule has 28 heavy (non-hydrogen) atoms. The van der Waals surface area contributed by atoms with Crippen LogP contribution in [0.3, 0.4) is 0 Å². The van der Waals surface area contributed by atoms with Crippen LogP contribution < -0.4 is 0 Å². The third kappa shape index (κ3) is 7.72. The van der Waals surface area contributed by atoms with Gasteiger partial charge in [0.05, 0.1) is 18.1 Å². The van der Waals surface area contributed by atoms with Crippen LogP contribution >= 0.6 is 0 Å². The maximum absolute atomic E-state index is 13.9. The van der Waals surface area contributed by atoms with Gasteiger partial charge in [-0.1, -0.05) is 45.4 Å². The zero-order valence-electron chi connectivity index (χ0n) is 17.7. The van der Waals surface area contributed by atoms with E-state index in [1.54, 1.807) is 27.7 Å². The molecule has 0 aliphatic rings. The average Bonchev–Trinajstić information content (AvgIpc) is 2.57. The lowest BCUT2D eigenvalue weighted by atomic mass is 9.89. The Hall–Kier alpha value is -1.11. The zero-order valence-corrected chi connectivity index (χ0v) is 17.7. The Kier molecular flexibility index (Phi) is 10.5. The van der Waals surface area contributed by atoms with Crippen molar-refractivity contribution in [3.63, 3.8) is 0 Å². The summed E-state index contributed by atoms with van der Waals surface area (Å²) in [4.78, 5) is 0. The van der Waals surface area contributed by atoms with Crippen molar-refractivity contribution in [3.8, 4) is 0 Å². The highest BCUT2D eigenvalue weighted by molar-refractivity contribution is 5.24. The summed E-state index contributed by atoms with van der Waals surface area (Å²) in [5.41, 5.74) is 0.119. The number of rotatable bonds is 13. The molecule has 0 amide bonds. The first kappa shape index (κ1) is 24.9. The molecular formula is C22H35F3O3. The van der Waals surface area contributed by atoms with Crippen molar-refractivity contribution in [2.24, 2.45) is 0 Å². The Bertz CT molecular complexity index is 557. The van der Waals surface area contributed by atoms with E-state index in [0.717, 1.165) is 50.7 Å². The number of benzene rings is 1. The first-order valence-electron chi connectivity index (χ1n) is 10.3. The standard InChI is InChI=1S/C22H35F3O3/c1-6-7-8-9-10-11-12-18(17-13-19(23)21(25)20(24)14-17)22(26,27-15(2)3)28-16(4)5/h13-16,18,26H,6-12H2,1-5H3. The van der Waals surface area contributed by atoms with Crippen molar-refractivity contribution in [1.29, 1.82) is 0 Å². The van der Waals surface area contributed by atoms with Crippen LogP contribution in [0.5, 0.6) is 0 Å². The fourth-order valence-electron chi connectivity index (χ4n) is 3.33. The van der Waals surface area contributed by atoms with Gasteiger partial charge in [0.2, 0.25) is 0 Å². The Morgan fingerprint density at radius 2 is 1.32 bits per heavy atom. The van der Waals surface area contributed by atoms with Gasteiger partial charge in [0, 0.05) is 0 Å². The molecule has 162 valence electrons. The van der Waals surface area contributed by atoms with Crippen molar-refractivity contribution in [3.05, 3.63) is 35.1 Å². The first-order valence-corrected chi connectivity index (χ1v) is 10.3. The third-order valence-electron chi connectivity index (χ3n) is 4.50. The number of ether oxygens (including phenoxy) is 2. The maximum Gasteiger partial charge on any atom is 0.288 e. The number of aliphatic hydroxyl groups is 1. The molecule has 1 unspecified atom stereocenters. The third-order valence-corrected chi connectivity index (χ3v) is 4.50. The molecule has 0 saturated heterocycles. The number of hydrogen-bond acceptors (Lipinski definition) is 3. The SMILES string of the molecule is CCCCCCCCC(c1cc(F)c(F)c(F)c1)C(O)(OC(C)C)OC(C)C. The van der Waals surface area contributed by atoms with Crippen LogP contribution in [0.2, 0.25) is 0 Å². The lowest BCUT2D eigenvalue weighted by Crippen LogP contribution is -2.46. The maximum atomic E-state index is 13.9. The van der Waals surface area contributed by atoms with E-state index in [4.69, 9.17) is 9.47 Å². The van der Waals surface area contributed by atoms with Crippen LogP contribution in [0.4, 0.5) is 13.2 Å². The van der Waals surface area contributed by atoms with Crippen molar-refractivity contribution in [1.82, 2.24) is 0 Å². The van der Waals surface area contributed by atoms with Gasteiger partial charge in [-0.3, -0.25) is 0 Å². The second-order valence-corrected chi connectivity index (χ2v) is 7.87. The smallest absolute Gasteiger partial charge is 0.288 e. The molecule has 1 N–H and O–H groups in total. The molecule has 1 aromatic rings. The molecule has 6 heteroatoms. The summed E-state index contributed by atoms with van der Waals surface area (Å²) in [6.45, 7) is 9.09. The summed E-state index contributed by atoms with van der Waals surface area (Å²) in [5.74, 6) is -7.03. The zero-order chi connectivity index (χ0) is 21.3. The van der Waals surface area contributed by atoms with Gasteiger partial charge in [0.1, 0.15) is 0 Å². The van der Waals surface area contributed by atoms with Gasteiger partial charge in [-0.15, -0.1) is 0 Å². The van der Waals surface area contributed by atoms with E-state index >= 15 is 0 Å². The summed E-state index contributed by atoms with van der Waals surface area (Å²) < 4.78 is 52.5. The highest BCUT2D eigenvalue weighted by Gasteiger charge is 2.42. The topological polar surface area (TPSA) is 38.7 Å². The van der Waals surface area contributed by atoms with E-state index < -0.39 is 29.3 Å². The van der Waals surface area contributed by atoms with E-state index in [1.807, 2.05) is 0 Å². The molecule has 1 rings (SSSR count). The Morgan fingerprint density at radius 3 is 1.79 bits per heavy atom. The minimum Gasteiger partial charge on any atom is -0.343 e. The van der Waals surface area contributed by atoms with Gasteiger partial charge in [-0.05, 0) is 51.8 Å². The van der Waals surface area contributed by atoms with Gasteiger partial charge in [-0.25, -0.2) is 13.2 Å². The van der Waals surface area contributed by atoms with Crippen LogP contribution in [0.25, 0.3) is 0 Å². The van der Waals surface area contributed by atoms with E-state index in [2.05, 4.69) is 6.92 Å². The normalized spacial score (nSPS) is 13.5. The molecule has 0 radical (unpaired) electrons. The molecule has 0 heterocycles. The Labute approximate surface area is 167 Å². The predicted molar refractivity (Wildman–Crippen MR) is 104 cm³/mol.